The standard InChI is InChI=1S/C14H27N3/c1-6-8-9-17-13(7-2)12(11-16-17)10-15-14(3,4)5/h11,15H,6-10H2,1-5H3. The molecule has 1 heterocycles. The molecule has 1 N–H and O–H groups in total. The molecule has 3 heteroatoms. The average Bonchev–Trinajstić information content (AvgIpc) is 2.64. The second-order valence-electron chi connectivity index (χ2n) is 5.65. The van der Waals surface area contributed by atoms with Gasteiger partial charge in [0, 0.05) is 29.9 Å². The Morgan fingerprint density at radius 1 is 1.29 bits per heavy atom. The monoisotopic (exact) mass is 237 g/mol. The molecule has 0 bridgehead atoms. The Hall–Kier alpha value is -0.830. The number of aromatic nitrogens is 2. The third kappa shape index (κ3) is 4.50. The van der Waals surface area contributed by atoms with Crippen molar-refractivity contribution in [2.24, 2.45) is 0 Å². The molecule has 0 aliphatic rings. The van der Waals surface area contributed by atoms with Gasteiger partial charge in [-0.25, -0.2) is 0 Å². The number of nitrogens with zero attached hydrogens (tertiary/aromatic N) is 2. The molecule has 98 valence electrons. The second kappa shape index (κ2) is 6.20. The quantitative estimate of drug-likeness (QED) is 0.824. The van der Waals surface area contributed by atoms with E-state index in [1.165, 1.54) is 24.1 Å². The topological polar surface area (TPSA) is 29.9 Å². The zero-order valence-electron chi connectivity index (χ0n) is 12.0. The van der Waals surface area contributed by atoms with Crippen LogP contribution in [0.4, 0.5) is 0 Å². The Bertz CT molecular complexity index is 334. The third-order valence-corrected chi connectivity index (χ3v) is 2.90. The Morgan fingerprint density at radius 2 is 2.00 bits per heavy atom. The van der Waals surface area contributed by atoms with E-state index in [1.54, 1.807) is 0 Å². The maximum Gasteiger partial charge on any atom is 0.0537 e. The summed E-state index contributed by atoms with van der Waals surface area (Å²) >= 11 is 0. The van der Waals surface area contributed by atoms with E-state index in [-0.39, 0.29) is 5.54 Å². The normalized spacial score (nSPS) is 12.1. The molecule has 0 aliphatic carbocycles. The number of unbranched alkanes of at least 4 members (excludes halogenated alkanes) is 1. The predicted molar refractivity (Wildman–Crippen MR) is 73.1 cm³/mol. The van der Waals surface area contributed by atoms with Gasteiger partial charge in [-0.3, -0.25) is 4.68 Å². The van der Waals surface area contributed by atoms with Gasteiger partial charge in [-0.05, 0) is 33.6 Å². The van der Waals surface area contributed by atoms with Crippen molar-refractivity contribution in [2.45, 2.75) is 72.5 Å². The van der Waals surface area contributed by atoms with Gasteiger partial charge in [0.2, 0.25) is 0 Å². The van der Waals surface area contributed by atoms with Crippen LogP contribution in [0.2, 0.25) is 0 Å². The zero-order chi connectivity index (χ0) is 12.9. The first-order valence-electron chi connectivity index (χ1n) is 6.76. The molecule has 0 atom stereocenters. The van der Waals surface area contributed by atoms with Gasteiger partial charge in [-0.1, -0.05) is 20.3 Å². The lowest BCUT2D eigenvalue weighted by Crippen LogP contribution is -2.35. The van der Waals surface area contributed by atoms with Crippen LogP contribution in [0.1, 0.15) is 58.7 Å². The molecule has 17 heavy (non-hydrogen) atoms. The maximum absolute atomic E-state index is 4.50. The number of hydrogen-bond donors (Lipinski definition) is 1. The van der Waals surface area contributed by atoms with Gasteiger partial charge in [-0.2, -0.15) is 5.10 Å². The molecule has 3 nitrogen and oxygen atoms in total. The highest BCUT2D eigenvalue weighted by Crippen LogP contribution is 2.12. The molecule has 0 amide bonds. The van der Waals surface area contributed by atoms with Crippen LogP contribution in [0.25, 0.3) is 0 Å². The van der Waals surface area contributed by atoms with Gasteiger partial charge < -0.3 is 5.32 Å². The Labute approximate surface area is 106 Å². The fourth-order valence-electron chi connectivity index (χ4n) is 1.87. The predicted octanol–water partition coefficient (Wildman–Crippen LogP) is 3.13. The molecule has 0 aliphatic heterocycles. The highest BCUT2D eigenvalue weighted by molar-refractivity contribution is 5.18. The van der Waals surface area contributed by atoms with E-state index in [9.17, 15) is 0 Å². The number of nitrogens with one attached hydrogen (secondary N) is 1. The molecule has 1 aromatic heterocycles. The van der Waals surface area contributed by atoms with E-state index < -0.39 is 0 Å². The smallest absolute Gasteiger partial charge is 0.0537 e. The van der Waals surface area contributed by atoms with Crippen LogP contribution >= 0.6 is 0 Å². The summed E-state index contributed by atoms with van der Waals surface area (Å²) in [7, 11) is 0. The summed E-state index contributed by atoms with van der Waals surface area (Å²) in [5.74, 6) is 0. The van der Waals surface area contributed by atoms with Gasteiger partial charge in [0.25, 0.3) is 0 Å². The van der Waals surface area contributed by atoms with E-state index in [0.29, 0.717) is 0 Å². The lowest BCUT2D eigenvalue weighted by Gasteiger charge is -2.20. The first-order chi connectivity index (χ1) is 7.98. The summed E-state index contributed by atoms with van der Waals surface area (Å²) in [4.78, 5) is 0. The molecule has 0 aromatic carbocycles. The van der Waals surface area contributed by atoms with Crippen molar-refractivity contribution < 1.29 is 0 Å². The Morgan fingerprint density at radius 3 is 2.53 bits per heavy atom. The molecular weight excluding hydrogens is 210 g/mol. The molecule has 0 radical (unpaired) electrons. The van der Waals surface area contributed by atoms with Gasteiger partial charge in [0.05, 0.1) is 6.20 Å². The van der Waals surface area contributed by atoms with Crippen molar-refractivity contribution in [1.29, 1.82) is 0 Å². The van der Waals surface area contributed by atoms with E-state index in [0.717, 1.165) is 19.5 Å². The van der Waals surface area contributed by atoms with Crippen molar-refractivity contribution >= 4 is 0 Å². The van der Waals surface area contributed by atoms with Crippen LogP contribution in [-0.4, -0.2) is 15.3 Å². The Kier molecular flexibility index (Phi) is 5.19. The van der Waals surface area contributed by atoms with Crippen LogP contribution in [-0.2, 0) is 19.5 Å². The summed E-state index contributed by atoms with van der Waals surface area (Å²) in [6, 6.07) is 0. The maximum atomic E-state index is 4.50. The average molecular weight is 237 g/mol. The number of rotatable bonds is 6. The molecule has 0 saturated heterocycles. The minimum Gasteiger partial charge on any atom is -0.308 e. The highest BCUT2D eigenvalue weighted by atomic mass is 15.3. The summed E-state index contributed by atoms with van der Waals surface area (Å²) in [5, 5.41) is 8.03. The van der Waals surface area contributed by atoms with Crippen molar-refractivity contribution in [3.8, 4) is 0 Å². The lowest BCUT2D eigenvalue weighted by molar-refractivity contribution is 0.423. The summed E-state index contributed by atoms with van der Waals surface area (Å²) in [5.41, 5.74) is 2.89. The van der Waals surface area contributed by atoms with E-state index in [1.807, 2.05) is 6.20 Å². The molecule has 0 saturated carbocycles. The van der Waals surface area contributed by atoms with Crippen molar-refractivity contribution in [3.05, 3.63) is 17.5 Å². The summed E-state index contributed by atoms with van der Waals surface area (Å²) in [6.07, 6.45) is 5.51. The van der Waals surface area contributed by atoms with Crippen molar-refractivity contribution in [1.82, 2.24) is 15.1 Å². The number of hydrogen-bond acceptors (Lipinski definition) is 2. The van der Waals surface area contributed by atoms with Crippen LogP contribution in [0.3, 0.4) is 0 Å². The molecule has 0 spiro atoms. The zero-order valence-corrected chi connectivity index (χ0v) is 12.0. The van der Waals surface area contributed by atoms with Crippen LogP contribution < -0.4 is 5.32 Å². The molecule has 0 unspecified atom stereocenters. The summed E-state index contributed by atoms with van der Waals surface area (Å²) < 4.78 is 2.17. The summed E-state index contributed by atoms with van der Waals surface area (Å²) in [6.45, 7) is 13.0. The van der Waals surface area contributed by atoms with Crippen molar-refractivity contribution in [3.63, 3.8) is 0 Å². The minimum atomic E-state index is 0.163. The fraction of sp³-hybridized carbons (Fsp3) is 0.786. The van der Waals surface area contributed by atoms with Gasteiger partial charge >= 0.3 is 0 Å². The first kappa shape index (κ1) is 14.2. The second-order valence-corrected chi connectivity index (χ2v) is 5.65. The SMILES string of the molecule is CCCCn1ncc(CNC(C)(C)C)c1CC. The third-order valence-electron chi connectivity index (χ3n) is 2.90. The number of aryl methyl sites for hydroxylation is 1. The van der Waals surface area contributed by atoms with Gasteiger partial charge in [0.15, 0.2) is 0 Å². The van der Waals surface area contributed by atoms with Crippen LogP contribution in [0, 0.1) is 0 Å². The van der Waals surface area contributed by atoms with Crippen molar-refractivity contribution in [2.75, 3.05) is 0 Å². The largest absolute Gasteiger partial charge is 0.308 e. The fourth-order valence-corrected chi connectivity index (χ4v) is 1.87. The van der Waals surface area contributed by atoms with E-state index in [2.05, 4.69) is 49.7 Å². The van der Waals surface area contributed by atoms with E-state index in [4.69, 9.17) is 0 Å². The van der Waals surface area contributed by atoms with Crippen LogP contribution in [0.15, 0.2) is 6.20 Å². The minimum absolute atomic E-state index is 0.163. The first-order valence-corrected chi connectivity index (χ1v) is 6.76. The van der Waals surface area contributed by atoms with E-state index >= 15 is 0 Å². The molecule has 1 aromatic rings. The van der Waals surface area contributed by atoms with Crippen LogP contribution in [0.5, 0.6) is 0 Å². The highest BCUT2D eigenvalue weighted by Gasteiger charge is 2.13. The molecular formula is C14H27N3. The Balaban J connectivity index is 2.69. The lowest BCUT2D eigenvalue weighted by atomic mass is 10.1. The molecule has 1 rings (SSSR count). The van der Waals surface area contributed by atoms with Gasteiger partial charge in [-0.15, -0.1) is 0 Å². The van der Waals surface area contributed by atoms with Gasteiger partial charge in [0.1, 0.15) is 0 Å². The molecule has 0 fully saturated rings.